The average Bonchev–Trinajstić information content (AvgIpc) is 3.07. The highest BCUT2D eigenvalue weighted by Gasteiger charge is 2.29. The molecule has 0 saturated heterocycles. The summed E-state index contributed by atoms with van der Waals surface area (Å²) in [5.41, 5.74) is 1.69. The molecule has 25 heavy (non-hydrogen) atoms. The molecule has 2 N–H and O–H groups in total. The third-order valence-electron chi connectivity index (χ3n) is 4.59. The second-order valence-corrected chi connectivity index (χ2v) is 7.05. The van der Waals surface area contributed by atoms with Gasteiger partial charge < -0.3 is 15.0 Å². The molecule has 0 spiro atoms. The molecule has 2 atom stereocenters. The molecule has 0 radical (unpaired) electrons. The molecule has 1 amide bonds. The molecule has 2 aromatic rings. The van der Waals surface area contributed by atoms with E-state index in [2.05, 4.69) is 23.7 Å². The van der Waals surface area contributed by atoms with Crippen LogP contribution in [0.1, 0.15) is 23.4 Å². The first-order valence-corrected chi connectivity index (χ1v) is 8.90. The summed E-state index contributed by atoms with van der Waals surface area (Å²) >= 11 is 1.78. The maximum atomic E-state index is 12.4. The molecule has 0 bridgehead atoms. The van der Waals surface area contributed by atoms with E-state index >= 15 is 0 Å². The van der Waals surface area contributed by atoms with E-state index in [-0.39, 0.29) is 23.4 Å². The maximum absolute atomic E-state index is 12.4. The predicted molar refractivity (Wildman–Crippen MR) is 95.4 cm³/mol. The number of carbonyl (C=O) groups is 1. The van der Waals surface area contributed by atoms with E-state index in [1.54, 1.807) is 11.3 Å². The molecule has 0 aliphatic carbocycles. The lowest BCUT2D eigenvalue weighted by Crippen LogP contribution is -3.14. The number of nitro benzene ring substituents is 1. The van der Waals surface area contributed by atoms with Gasteiger partial charge in [0.15, 0.2) is 6.54 Å². The number of non-ortho nitro benzene ring substituents is 1. The van der Waals surface area contributed by atoms with Crippen LogP contribution in [-0.2, 0) is 11.2 Å². The van der Waals surface area contributed by atoms with Crippen molar-refractivity contribution < 1.29 is 19.4 Å². The van der Waals surface area contributed by atoms with E-state index in [1.807, 2.05) is 0 Å². The molecular formula is C17H20N3O4S+. The Balaban J connectivity index is 1.68. The van der Waals surface area contributed by atoms with Crippen LogP contribution in [0.3, 0.4) is 0 Å². The number of carbonyl (C=O) groups excluding carboxylic acids is 1. The summed E-state index contributed by atoms with van der Waals surface area (Å²) in [6, 6.07) is 6.58. The summed E-state index contributed by atoms with van der Waals surface area (Å²) in [5, 5.41) is 15.8. The van der Waals surface area contributed by atoms with Gasteiger partial charge in [-0.25, -0.2) is 0 Å². The van der Waals surface area contributed by atoms with E-state index in [0.29, 0.717) is 12.2 Å². The fourth-order valence-electron chi connectivity index (χ4n) is 3.19. The molecule has 1 aliphatic rings. The van der Waals surface area contributed by atoms with Crippen molar-refractivity contribution in [2.24, 2.45) is 0 Å². The third kappa shape index (κ3) is 3.64. The van der Waals surface area contributed by atoms with Crippen molar-refractivity contribution in [3.05, 3.63) is 50.2 Å². The highest BCUT2D eigenvalue weighted by molar-refractivity contribution is 7.10. The molecule has 1 aromatic carbocycles. The van der Waals surface area contributed by atoms with E-state index in [9.17, 15) is 14.9 Å². The van der Waals surface area contributed by atoms with Gasteiger partial charge in [0.2, 0.25) is 0 Å². The van der Waals surface area contributed by atoms with Gasteiger partial charge in [-0.3, -0.25) is 14.9 Å². The Bertz CT molecular complexity index is 805. The van der Waals surface area contributed by atoms with Crippen LogP contribution in [0.5, 0.6) is 5.75 Å². The summed E-state index contributed by atoms with van der Waals surface area (Å²) in [5.74, 6) is 0.150. The first-order chi connectivity index (χ1) is 12.0. The summed E-state index contributed by atoms with van der Waals surface area (Å²) in [6.07, 6.45) is 0.987. The second-order valence-electron chi connectivity index (χ2n) is 6.05. The average molecular weight is 362 g/mol. The van der Waals surface area contributed by atoms with Gasteiger partial charge in [-0.1, -0.05) is 0 Å². The second kappa shape index (κ2) is 7.20. The number of hydrogen-bond donors (Lipinski definition) is 2. The molecule has 1 aliphatic heterocycles. The third-order valence-corrected chi connectivity index (χ3v) is 5.59. The number of methoxy groups -OCH3 is 1. The summed E-state index contributed by atoms with van der Waals surface area (Å²) in [6.45, 7) is 3.40. The van der Waals surface area contributed by atoms with Gasteiger partial charge in [0.25, 0.3) is 11.6 Å². The summed E-state index contributed by atoms with van der Waals surface area (Å²) < 4.78 is 5.16. The normalized spacial score (nSPS) is 19.1. The lowest BCUT2D eigenvalue weighted by molar-refractivity contribution is -0.923. The van der Waals surface area contributed by atoms with Crippen LogP contribution in [-0.4, -0.2) is 31.0 Å². The fourth-order valence-corrected chi connectivity index (χ4v) is 4.17. The van der Waals surface area contributed by atoms with Crippen molar-refractivity contribution >= 4 is 28.6 Å². The number of hydrogen-bond acceptors (Lipinski definition) is 5. The Hall–Kier alpha value is -2.45. The van der Waals surface area contributed by atoms with Gasteiger partial charge in [-0.05, 0) is 24.4 Å². The monoisotopic (exact) mass is 362 g/mol. The number of fused-ring (bicyclic) bond motifs is 1. The number of quaternary nitrogens is 1. The van der Waals surface area contributed by atoms with Crippen LogP contribution in [0.4, 0.5) is 11.4 Å². The zero-order valence-electron chi connectivity index (χ0n) is 14.1. The van der Waals surface area contributed by atoms with Crippen molar-refractivity contribution in [1.29, 1.82) is 0 Å². The first-order valence-electron chi connectivity index (χ1n) is 8.02. The summed E-state index contributed by atoms with van der Waals surface area (Å²) in [7, 11) is 1.42. The van der Waals surface area contributed by atoms with Gasteiger partial charge in [0, 0.05) is 22.9 Å². The standard InChI is InChI=1S/C17H19N3O4S/c1-11-13-6-8-25-16(13)5-7-19(11)10-17(21)18-14-4-3-12(20(22)23)9-15(14)24-2/h3-4,6,8-9,11H,5,7,10H2,1-2H3,(H,18,21)/p+1/t11-/m1/s1. The topological polar surface area (TPSA) is 85.9 Å². The lowest BCUT2D eigenvalue weighted by Gasteiger charge is -2.29. The van der Waals surface area contributed by atoms with E-state index in [0.717, 1.165) is 13.0 Å². The minimum Gasteiger partial charge on any atom is -0.494 e. The minimum atomic E-state index is -0.494. The smallest absolute Gasteiger partial charge is 0.279 e. The molecule has 7 nitrogen and oxygen atoms in total. The quantitative estimate of drug-likeness (QED) is 0.627. The largest absolute Gasteiger partial charge is 0.494 e. The van der Waals surface area contributed by atoms with Crippen molar-refractivity contribution in [2.45, 2.75) is 19.4 Å². The Morgan fingerprint density at radius 3 is 3.00 bits per heavy atom. The fraction of sp³-hybridized carbons (Fsp3) is 0.353. The highest BCUT2D eigenvalue weighted by Crippen LogP contribution is 2.29. The van der Waals surface area contributed by atoms with Crippen LogP contribution in [0, 0.1) is 10.1 Å². The number of anilines is 1. The molecule has 1 unspecified atom stereocenters. The van der Waals surface area contributed by atoms with Crippen LogP contribution in [0.15, 0.2) is 29.6 Å². The SMILES string of the molecule is COc1cc([N+](=O)[O-])ccc1NC(=O)C[NH+]1CCc2sccc2[C@H]1C. The van der Waals surface area contributed by atoms with E-state index in [4.69, 9.17) is 4.74 Å². The number of rotatable bonds is 5. The van der Waals surface area contributed by atoms with Crippen molar-refractivity contribution in [1.82, 2.24) is 0 Å². The van der Waals surface area contributed by atoms with Crippen LogP contribution in [0.2, 0.25) is 0 Å². The number of amides is 1. The molecular weight excluding hydrogens is 342 g/mol. The van der Waals surface area contributed by atoms with Crippen LogP contribution >= 0.6 is 11.3 Å². The Labute approximate surface area is 149 Å². The highest BCUT2D eigenvalue weighted by atomic mass is 32.1. The Morgan fingerprint density at radius 2 is 2.28 bits per heavy atom. The van der Waals surface area contributed by atoms with E-state index < -0.39 is 4.92 Å². The summed E-state index contributed by atoms with van der Waals surface area (Å²) in [4.78, 5) is 25.4. The van der Waals surface area contributed by atoms with Crippen molar-refractivity contribution in [3.63, 3.8) is 0 Å². The number of nitro groups is 1. The van der Waals surface area contributed by atoms with Gasteiger partial charge >= 0.3 is 0 Å². The maximum Gasteiger partial charge on any atom is 0.279 e. The molecule has 8 heteroatoms. The van der Waals surface area contributed by atoms with Gasteiger partial charge in [0.1, 0.15) is 11.8 Å². The van der Waals surface area contributed by atoms with Crippen molar-refractivity contribution in [2.75, 3.05) is 25.5 Å². The van der Waals surface area contributed by atoms with Crippen LogP contribution in [0.25, 0.3) is 0 Å². The molecule has 3 rings (SSSR count). The first kappa shape index (κ1) is 17.4. The molecule has 0 saturated carbocycles. The van der Waals surface area contributed by atoms with E-state index in [1.165, 1.54) is 40.6 Å². The molecule has 0 fully saturated rings. The molecule has 1 aromatic heterocycles. The van der Waals surface area contributed by atoms with Gasteiger partial charge in [0.05, 0.1) is 30.3 Å². The van der Waals surface area contributed by atoms with Gasteiger partial charge in [-0.15, -0.1) is 11.3 Å². The number of nitrogens with one attached hydrogen (secondary N) is 2. The number of benzene rings is 1. The predicted octanol–water partition coefficient (Wildman–Crippen LogP) is 1.81. The van der Waals surface area contributed by atoms with Gasteiger partial charge in [-0.2, -0.15) is 0 Å². The Morgan fingerprint density at radius 1 is 1.48 bits per heavy atom. The minimum absolute atomic E-state index is 0.0740. The number of nitrogens with zero attached hydrogens (tertiary/aromatic N) is 1. The lowest BCUT2D eigenvalue weighted by atomic mass is 10.0. The number of ether oxygens (including phenoxy) is 1. The molecule has 2 heterocycles. The van der Waals surface area contributed by atoms with Crippen molar-refractivity contribution in [3.8, 4) is 5.75 Å². The number of thiophene rings is 1. The Kier molecular flexibility index (Phi) is 5.00. The zero-order chi connectivity index (χ0) is 18.0. The zero-order valence-corrected chi connectivity index (χ0v) is 14.9. The molecule has 132 valence electrons. The van der Waals surface area contributed by atoms with Crippen LogP contribution < -0.4 is 15.0 Å².